The molecule has 0 unspecified atom stereocenters. The third-order valence-electron chi connectivity index (χ3n) is 7.99. The van der Waals surface area contributed by atoms with Gasteiger partial charge in [0.05, 0.1) is 35.4 Å². The summed E-state index contributed by atoms with van der Waals surface area (Å²) in [5.74, 6) is 1.26. The van der Waals surface area contributed by atoms with Gasteiger partial charge < -0.3 is 30.2 Å². The summed E-state index contributed by atoms with van der Waals surface area (Å²) >= 11 is 0. The van der Waals surface area contributed by atoms with Crippen LogP contribution in [0.5, 0.6) is 5.75 Å². The molecule has 2 aliphatic rings. The second-order valence-corrected chi connectivity index (χ2v) is 10.3. The number of aromatic nitrogens is 3. The lowest BCUT2D eigenvalue weighted by atomic mass is 10.0. The lowest BCUT2D eigenvalue weighted by Gasteiger charge is -2.36. The number of carbonyl (C=O) groups is 1. The first-order chi connectivity index (χ1) is 19.0. The molecule has 39 heavy (non-hydrogen) atoms. The summed E-state index contributed by atoms with van der Waals surface area (Å²) in [6.07, 6.45) is 7.26. The van der Waals surface area contributed by atoms with Crippen molar-refractivity contribution in [3.05, 3.63) is 53.9 Å². The monoisotopic (exact) mass is 525 g/mol. The number of nitrogens with two attached hydrogens (primary N) is 1. The maximum absolute atomic E-state index is 11.7. The lowest BCUT2D eigenvalue weighted by Crippen LogP contribution is -2.48. The van der Waals surface area contributed by atoms with Crippen LogP contribution in [0, 0.1) is 0 Å². The molecule has 0 atom stereocenters. The predicted molar refractivity (Wildman–Crippen MR) is 156 cm³/mol. The molecule has 202 valence electrons. The highest BCUT2D eigenvalue weighted by molar-refractivity contribution is 5.98. The van der Waals surface area contributed by atoms with E-state index in [0.29, 0.717) is 36.2 Å². The Morgan fingerprint density at radius 1 is 1.15 bits per heavy atom. The Labute approximate surface area is 228 Å². The van der Waals surface area contributed by atoms with Gasteiger partial charge in [-0.2, -0.15) is 0 Å². The molecule has 2 aromatic heterocycles. The second kappa shape index (κ2) is 10.1. The number of nitrogen functional groups attached to an aromatic ring is 1. The van der Waals surface area contributed by atoms with Crippen molar-refractivity contribution in [1.29, 1.82) is 0 Å². The number of piperazine rings is 1. The minimum atomic E-state index is 0.103. The molecule has 4 aromatic rings. The zero-order valence-electron chi connectivity index (χ0n) is 22.8. The molecule has 1 amide bonds. The van der Waals surface area contributed by atoms with E-state index in [2.05, 4.69) is 51.1 Å². The van der Waals surface area contributed by atoms with Crippen LogP contribution in [0.15, 0.2) is 42.7 Å². The fourth-order valence-corrected chi connectivity index (χ4v) is 5.91. The highest BCUT2D eigenvalue weighted by Crippen LogP contribution is 2.39. The van der Waals surface area contributed by atoms with Gasteiger partial charge in [0, 0.05) is 69.1 Å². The smallest absolute Gasteiger partial charge is 0.227 e. The summed E-state index contributed by atoms with van der Waals surface area (Å²) < 4.78 is 8.12. The predicted octanol–water partition coefficient (Wildman–Crippen LogP) is 4.61. The normalized spacial score (nSPS) is 15.1. The van der Waals surface area contributed by atoms with E-state index in [4.69, 9.17) is 15.5 Å². The number of rotatable bonds is 6. The largest absolute Gasteiger partial charge is 0.494 e. The molecule has 9 nitrogen and oxygen atoms in total. The van der Waals surface area contributed by atoms with Crippen molar-refractivity contribution in [3.63, 3.8) is 0 Å². The molecule has 0 bridgehead atoms. The van der Waals surface area contributed by atoms with E-state index in [1.54, 1.807) is 14.0 Å². The Morgan fingerprint density at radius 3 is 2.72 bits per heavy atom. The zero-order valence-corrected chi connectivity index (χ0v) is 22.8. The van der Waals surface area contributed by atoms with Gasteiger partial charge in [-0.15, -0.1) is 0 Å². The molecule has 2 aromatic carbocycles. The van der Waals surface area contributed by atoms with Crippen molar-refractivity contribution >= 4 is 39.8 Å². The molecule has 2 aliphatic heterocycles. The second-order valence-electron chi connectivity index (χ2n) is 10.3. The van der Waals surface area contributed by atoms with Gasteiger partial charge in [-0.05, 0) is 36.5 Å². The van der Waals surface area contributed by atoms with Gasteiger partial charge in [0.15, 0.2) is 0 Å². The van der Waals surface area contributed by atoms with E-state index in [1.807, 2.05) is 23.2 Å². The van der Waals surface area contributed by atoms with Gasteiger partial charge >= 0.3 is 0 Å². The van der Waals surface area contributed by atoms with Crippen molar-refractivity contribution in [1.82, 2.24) is 19.4 Å². The molecule has 0 aliphatic carbocycles. The van der Waals surface area contributed by atoms with Gasteiger partial charge in [0.1, 0.15) is 5.75 Å². The Kier molecular flexibility index (Phi) is 6.50. The SMILES string of the molecule is CCc1cnc(Nc2cc(N)c(N3CCN(C(C)=O)CC3)cc2OC)nc1-c1cn2c3c(cccc13)CCC2. The van der Waals surface area contributed by atoms with Crippen LogP contribution in [-0.4, -0.2) is 58.6 Å². The van der Waals surface area contributed by atoms with Crippen LogP contribution < -0.4 is 20.7 Å². The number of methoxy groups -OCH3 is 1. The molecule has 1 fully saturated rings. The molecular formula is C30H35N7O2. The van der Waals surface area contributed by atoms with E-state index in [-0.39, 0.29) is 5.91 Å². The summed E-state index contributed by atoms with van der Waals surface area (Å²) in [7, 11) is 1.65. The number of hydrogen-bond acceptors (Lipinski definition) is 7. The number of hydrogen-bond donors (Lipinski definition) is 2. The summed E-state index contributed by atoms with van der Waals surface area (Å²) in [5, 5.41) is 4.60. The summed E-state index contributed by atoms with van der Waals surface area (Å²) in [5.41, 5.74) is 14.7. The molecule has 6 rings (SSSR count). The standard InChI is InChI=1S/C30H35N7O2/c1-4-20-17-32-30(34-28(20)23-18-37-10-6-8-21-7-5-9-22(23)29(21)37)33-25-15-24(31)26(16-27(25)39-3)36-13-11-35(12-14-36)19(2)38/h5,7,9,15-18H,4,6,8,10-14,31H2,1-3H3,(H,32,33,34). The average Bonchev–Trinajstić information content (AvgIpc) is 3.33. The topological polar surface area (TPSA) is 102 Å². The number of anilines is 4. The van der Waals surface area contributed by atoms with Crippen LogP contribution >= 0.6 is 0 Å². The highest BCUT2D eigenvalue weighted by Gasteiger charge is 2.23. The Hall–Kier alpha value is -4.27. The van der Waals surface area contributed by atoms with E-state index < -0.39 is 0 Å². The van der Waals surface area contributed by atoms with Crippen LogP contribution in [0.1, 0.15) is 31.4 Å². The number of para-hydroxylation sites is 1. The van der Waals surface area contributed by atoms with E-state index in [1.165, 1.54) is 16.5 Å². The van der Waals surface area contributed by atoms with Gasteiger partial charge in [-0.25, -0.2) is 9.97 Å². The minimum absolute atomic E-state index is 0.103. The van der Waals surface area contributed by atoms with Crippen molar-refractivity contribution in [3.8, 4) is 17.0 Å². The fourth-order valence-electron chi connectivity index (χ4n) is 5.91. The number of ether oxygens (including phenoxy) is 1. The number of carbonyl (C=O) groups excluding carboxylic acids is 1. The van der Waals surface area contributed by atoms with E-state index in [0.717, 1.165) is 61.4 Å². The third-order valence-corrected chi connectivity index (χ3v) is 7.99. The third kappa shape index (κ3) is 4.51. The summed E-state index contributed by atoms with van der Waals surface area (Å²) in [6.45, 7) is 7.57. The maximum atomic E-state index is 11.7. The van der Waals surface area contributed by atoms with Gasteiger partial charge in [0.25, 0.3) is 0 Å². The summed E-state index contributed by atoms with van der Waals surface area (Å²) in [4.78, 5) is 25.4. The maximum Gasteiger partial charge on any atom is 0.227 e. The van der Waals surface area contributed by atoms with Crippen LogP contribution in [0.25, 0.3) is 22.2 Å². The first-order valence-electron chi connectivity index (χ1n) is 13.7. The molecule has 0 saturated carbocycles. The van der Waals surface area contributed by atoms with Crippen molar-refractivity contribution < 1.29 is 9.53 Å². The first-order valence-corrected chi connectivity index (χ1v) is 13.7. The molecular weight excluding hydrogens is 490 g/mol. The number of nitrogens with zero attached hydrogens (tertiary/aromatic N) is 5. The molecule has 9 heteroatoms. The fraction of sp³-hybridized carbons (Fsp3) is 0.367. The Morgan fingerprint density at radius 2 is 1.97 bits per heavy atom. The van der Waals surface area contributed by atoms with Gasteiger partial charge in [0.2, 0.25) is 11.9 Å². The first kappa shape index (κ1) is 25.0. The number of benzene rings is 2. The minimum Gasteiger partial charge on any atom is -0.494 e. The van der Waals surface area contributed by atoms with Gasteiger partial charge in [-0.1, -0.05) is 25.1 Å². The Balaban J connectivity index is 1.33. The number of aryl methyl sites for hydroxylation is 3. The highest BCUT2D eigenvalue weighted by atomic mass is 16.5. The molecule has 4 heterocycles. The van der Waals surface area contributed by atoms with Crippen molar-refractivity contribution in [2.75, 3.05) is 49.2 Å². The quantitative estimate of drug-likeness (QED) is 0.355. The molecule has 3 N–H and O–H groups in total. The average molecular weight is 526 g/mol. The van der Waals surface area contributed by atoms with Gasteiger partial charge in [-0.3, -0.25) is 4.79 Å². The Bertz CT molecular complexity index is 1550. The number of nitrogens with one attached hydrogen (secondary N) is 1. The van der Waals surface area contributed by atoms with Crippen LogP contribution in [-0.2, 0) is 24.2 Å². The molecule has 1 saturated heterocycles. The summed E-state index contributed by atoms with van der Waals surface area (Å²) in [6, 6.07) is 10.4. The lowest BCUT2D eigenvalue weighted by molar-refractivity contribution is -0.129. The van der Waals surface area contributed by atoms with Crippen molar-refractivity contribution in [2.24, 2.45) is 0 Å². The van der Waals surface area contributed by atoms with Crippen molar-refractivity contribution in [2.45, 2.75) is 39.7 Å². The van der Waals surface area contributed by atoms with E-state index >= 15 is 0 Å². The van der Waals surface area contributed by atoms with Crippen LogP contribution in [0.2, 0.25) is 0 Å². The molecule has 0 spiro atoms. The zero-order chi connectivity index (χ0) is 27.1. The van der Waals surface area contributed by atoms with E-state index in [9.17, 15) is 4.79 Å². The number of amides is 1. The van der Waals surface area contributed by atoms with Crippen LogP contribution in [0.4, 0.5) is 23.0 Å². The van der Waals surface area contributed by atoms with Crippen LogP contribution in [0.3, 0.4) is 0 Å². The molecule has 0 radical (unpaired) electrons.